The normalized spacial score (nSPS) is 11.4. The van der Waals surface area contributed by atoms with E-state index < -0.39 is 0 Å². The molecule has 0 radical (unpaired) electrons. The van der Waals surface area contributed by atoms with Gasteiger partial charge in [-0.1, -0.05) is 255 Å². The molecule has 2 aromatic heterocycles. The summed E-state index contributed by atoms with van der Waals surface area (Å²) in [7, 11) is 0. The first kappa shape index (κ1) is 55.6. The van der Waals surface area contributed by atoms with E-state index in [0.29, 0.717) is 0 Å². The van der Waals surface area contributed by atoms with Gasteiger partial charge in [0.15, 0.2) is 0 Å². The first-order chi connectivity index (χ1) is 46.6. The first-order valence-electron chi connectivity index (χ1n) is 32.2. The Labute approximate surface area is 547 Å². The third kappa shape index (κ3) is 10.2. The summed E-state index contributed by atoms with van der Waals surface area (Å²) in [6.45, 7) is 0. The second-order valence-corrected chi connectivity index (χ2v) is 24.0. The van der Waals surface area contributed by atoms with Gasteiger partial charge in [0, 0.05) is 67.0 Å². The predicted molar refractivity (Wildman–Crippen MR) is 397 cm³/mol. The van der Waals surface area contributed by atoms with Crippen molar-refractivity contribution in [2.75, 3.05) is 9.80 Å². The quantitative estimate of drug-likeness (QED) is 0.108. The number of aromatic nitrogens is 2. The van der Waals surface area contributed by atoms with Gasteiger partial charge in [0.05, 0.1) is 22.1 Å². The summed E-state index contributed by atoms with van der Waals surface area (Å²) >= 11 is 0. The van der Waals surface area contributed by atoms with Gasteiger partial charge in [-0.05, 0) is 188 Å². The minimum absolute atomic E-state index is 1.07. The van der Waals surface area contributed by atoms with Crippen LogP contribution in [0.25, 0.3) is 122 Å². The van der Waals surface area contributed by atoms with Gasteiger partial charge in [0.1, 0.15) is 0 Å². The Kier molecular flexibility index (Phi) is 14.2. The van der Waals surface area contributed by atoms with Gasteiger partial charge in [-0.25, -0.2) is 0 Å². The number of anilines is 6. The van der Waals surface area contributed by atoms with E-state index in [1.54, 1.807) is 0 Å². The molecule has 94 heavy (non-hydrogen) atoms. The molecule has 4 nitrogen and oxygen atoms in total. The van der Waals surface area contributed by atoms with Gasteiger partial charge >= 0.3 is 0 Å². The Balaban J connectivity index is 0.675. The molecule has 0 bridgehead atoms. The van der Waals surface area contributed by atoms with Crippen LogP contribution in [0.15, 0.2) is 376 Å². The Morgan fingerprint density at radius 2 is 0.436 bits per heavy atom. The average Bonchev–Trinajstić information content (AvgIpc) is 1.57. The van der Waals surface area contributed by atoms with Crippen LogP contribution in [-0.4, -0.2) is 9.13 Å². The van der Waals surface area contributed by atoms with Crippen molar-refractivity contribution in [2.45, 2.75) is 0 Å². The summed E-state index contributed by atoms with van der Waals surface area (Å²) < 4.78 is 4.77. The summed E-state index contributed by atoms with van der Waals surface area (Å²) in [5, 5.41) is 4.98. The minimum atomic E-state index is 1.07. The van der Waals surface area contributed by atoms with E-state index in [2.05, 4.69) is 395 Å². The lowest BCUT2D eigenvalue weighted by Gasteiger charge is -2.26. The number of para-hydroxylation sites is 4. The highest BCUT2D eigenvalue weighted by Gasteiger charge is 2.21. The topological polar surface area (TPSA) is 16.3 Å². The van der Waals surface area contributed by atoms with E-state index in [1.165, 1.54) is 88.1 Å². The lowest BCUT2D eigenvalue weighted by Crippen LogP contribution is -2.10. The Bertz CT molecular complexity index is 5190. The highest BCUT2D eigenvalue weighted by molar-refractivity contribution is 6.17. The fraction of sp³-hybridized carbons (Fsp3) is 0. The van der Waals surface area contributed by atoms with Gasteiger partial charge < -0.3 is 18.9 Å². The lowest BCUT2D eigenvalue weighted by molar-refractivity contribution is 1.18. The summed E-state index contributed by atoms with van der Waals surface area (Å²) in [6.07, 6.45) is 0. The number of hydrogen-bond donors (Lipinski definition) is 0. The molecule has 442 valence electrons. The van der Waals surface area contributed by atoms with Gasteiger partial charge in [0.2, 0.25) is 0 Å². The maximum absolute atomic E-state index is 2.39. The number of nitrogens with zero attached hydrogens (tertiary/aromatic N) is 4. The number of fused-ring (bicyclic) bond motifs is 6. The van der Waals surface area contributed by atoms with Crippen LogP contribution < -0.4 is 9.80 Å². The number of hydrogen-bond acceptors (Lipinski definition) is 2. The predicted octanol–water partition coefficient (Wildman–Crippen LogP) is 24.8. The zero-order chi connectivity index (χ0) is 62.3. The molecule has 0 saturated carbocycles. The molecule has 0 aliphatic carbocycles. The molecule has 15 aromatic carbocycles. The largest absolute Gasteiger partial charge is 0.310 e. The molecule has 17 aromatic rings. The Morgan fingerprint density at radius 1 is 0.170 bits per heavy atom. The van der Waals surface area contributed by atoms with Crippen molar-refractivity contribution in [3.05, 3.63) is 376 Å². The number of benzene rings is 15. The lowest BCUT2D eigenvalue weighted by atomic mass is 9.98. The van der Waals surface area contributed by atoms with Crippen LogP contribution in [0, 0.1) is 0 Å². The molecule has 0 unspecified atom stereocenters. The van der Waals surface area contributed by atoms with Gasteiger partial charge in [-0.2, -0.15) is 0 Å². The summed E-state index contributed by atoms with van der Waals surface area (Å²) in [4.78, 5) is 4.75. The molecule has 0 spiro atoms. The molecule has 0 aliphatic rings. The Morgan fingerprint density at radius 3 is 0.798 bits per heavy atom. The van der Waals surface area contributed by atoms with Crippen LogP contribution in [0.5, 0.6) is 0 Å². The molecule has 0 fully saturated rings. The Hall–Kier alpha value is -12.5. The zero-order valence-corrected chi connectivity index (χ0v) is 51.6. The van der Waals surface area contributed by atoms with Crippen molar-refractivity contribution >= 4 is 77.7 Å². The molecular weight excluding hydrogens is 1140 g/mol. The minimum Gasteiger partial charge on any atom is -0.310 e. The standard InChI is InChI=1S/C90H62N4/c1-5-21-63(22-6-1)71-25-17-31-79(61-71)91(77-57-49-69(50-58-77)81-35-19-39-87-89(81)83-33-13-15-37-85(83)93(87)73-27-9-3-10-28-73)75-53-45-67(46-54-75)65-41-43-66(44-42-65)68-47-55-76(56-48-68)92(80-32-18-26-72(62-80)64-23-7-2-8-24-64)78-59-51-70(52-60-78)82-36-20-40-88-90(82)84-34-14-16-38-86(84)94(88)74-29-11-4-12-30-74/h1-62H. The van der Waals surface area contributed by atoms with Crippen LogP contribution >= 0.6 is 0 Å². The highest BCUT2D eigenvalue weighted by atomic mass is 15.1. The smallest absolute Gasteiger partial charge is 0.0547 e. The van der Waals surface area contributed by atoms with Crippen molar-refractivity contribution in [1.82, 2.24) is 9.13 Å². The third-order valence-electron chi connectivity index (χ3n) is 18.5. The van der Waals surface area contributed by atoms with Crippen LogP contribution in [0.1, 0.15) is 0 Å². The highest BCUT2D eigenvalue weighted by Crippen LogP contribution is 2.45. The van der Waals surface area contributed by atoms with Crippen molar-refractivity contribution in [3.63, 3.8) is 0 Å². The average molecular weight is 1200 g/mol. The van der Waals surface area contributed by atoms with Gasteiger partial charge in [-0.3, -0.25) is 0 Å². The van der Waals surface area contributed by atoms with E-state index in [4.69, 9.17) is 0 Å². The van der Waals surface area contributed by atoms with Crippen LogP contribution in [0.2, 0.25) is 0 Å². The summed E-state index contributed by atoms with van der Waals surface area (Å²) in [5.74, 6) is 0. The van der Waals surface area contributed by atoms with E-state index in [0.717, 1.165) is 67.8 Å². The fourth-order valence-corrected chi connectivity index (χ4v) is 14.1. The second-order valence-electron chi connectivity index (χ2n) is 24.0. The molecule has 0 aliphatic heterocycles. The first-order valence-corrected chi connectivity index (χ1v) is 32.2. The van der Waals surface area contributed by atoms with Crippen LogP contribution in [0.3, 0.4) is 0 Å². The maximum atomic E-state index is 2.39. The number of rotatable bonds is 14. The van der Waals surface area contributed by atoms with Crippen molar-refractivity contribution in [3.8, 4) is 78.1 Å². The molecule has 0 amide bonds. The maximum Gasteiger partial charge on any atom is 0.0547 e. The van der Waals surface area contributed by atoms with E-state index in [9.17, 15) is 0 Å². The second kappa shape index (κ2) is 24.0. The molecule has 17 rings (SSSR count). The molecule has 0 saturated heterocycles. The van der Waals surface area contributed by atoms with Crippen molar-refractivity contribution in [2.24, 2.45) is 0 Å². The summed E-state index contributed by atoms with van der Waals surface area (Å²) in [5.41, 5.74) is 27.6. The zero-order valence-electron chi connectivity index (χ0n) is 51.6. The monoisotopic (exact) mass is 1200 g/mol. The molecular formula is C90H62N4. The SMILES string of the molecule is c1ccc(-c2cccc(N(c3ccc(-c4ccc(-c5ccc(N(c6ccc(-c7cccc8c7c7ccccc7n8-c7ccccc7)cc6)c6cccc(-c7ccccc7)c6)cc5)cc4)cc3)c3ccc(-c4cccc5c4c4ccccc4n5-c4ccccc4)cc3)c2)cc1. The molecule has 2 heterocycles. The van der Waals surface area contributed by atoms with Crippen molar-refractivity contribution < 1.29 is 0 Å². The fourth-order valence-electron chi connectivity index (χ4n) is 14.1. The van der Waals surface area contributed by atoms with E-state index in [1.807, 2.05) is 0 Å². The van der Waals surface area contributed by atoms with Crippen LogP contribution in [-0.2, 0) is 0 Å². The molecule has 0 atom stereocenters. The summed E-state index contributed by atoms with van der Waals surface area (Å²) in [6, 6.07) is 137. The third-order valence-corrected chi connectivity index (χ3v) is 18.5. The van der Waals surface area contributed by atoms with Gasteiger partial charge in [0.25, 0.3) is 0 Å². The van der Waals surface area contributed by atoms with Gasteiger partial charge in [-0.15, -0.1) is 0 Å². The van der Waals surface area contributed by atoms with Crippen molar-refractivity contribution in [1.29, 1.82) is 0 Å². The molecule has 4 heteroatoms. The van der Waals surface area contributed by atoms with E-state index in [-0.39, 0.29) is 0 Å². The van der Waals surface area contributed by atoms with Crippen LogP contribution in [0.4, 0.5) is 34.1 Å². The molecule has 0 N–H and O–H groups in total. The van der Waals surface area contributed by atoms with E-state index >= 15 is 0 Å².